The van der Waals surface area contributed by atoms with Crippen LogP contribution in [-0.4, -0.2) is 27.2 Å². The molecule has 0 bridgehead atoms. The highest BCUT2D eigenvalue weighted by molar-refractivity contribution is 6.08. The molecule has 0 fully saturated rings. The summed E-state index contributed by atoms with van der Waals surface area (Å²) in [5, 5.41) is 2.90. The Kier molecular flexibility index (Phi) is 4.42. The van der Waals surface area contributed by atoms with E-state index < -0.39 is 0 Å². The Morgan fingerprint density at radius 2 is 1.75 bits per heavy atom. The van der Waals surface area contributed by atoms with E-state index >= 15 is 0 Å². The fraction of sp³-hybridized carbons (Fsp3) is 0.211. The standard InChI is InChI=1S/C19H19NO4/c1-22-16-6-4-5-15(11-16)20-19(21)14-7-12-9-17(23-2)18(24-3)10-13(12)8-14/h4-7,9-11H,8H2,1-3H3,(H,20,21). The maximum Gasteiger partial charge on any atom is 0.251 e. The molecule has 2 aromatic carbocycles. The minimum absolute atomic E-state index is 0.127. The Morgan fingerprint density at radius 3 is 2.46 bits per heavy atom. The van der Waals surface area contributed by atoms with Crippen molar-refractivity contribution < 1.29 is 19.0 Å². The van der Waals surface area contributed by atoms with E-state index in [2.05, 4.69) is 5.32 Å². The summed E-state index contributed by atoms with van der Waals surface area (Å²) in [5.41, 5.74) is 3.42. The molecular formula is C19H19NO4. The Balaban J connectivity index is 1.79. The maximum atomic E-state index is 12.5. The van der Waals surface area contributed by atoms with Crippen LogP contribution in [-0.2, 0) is 11.2 Å². The quantitative estimate of drug-likeness (QED) is 0.916. The molecule has 5 nitrogen and oxygen atoms in total. The fourth-order valence-corrected chi connectivity index (χ4v) is 2.73. The molecule has 0 atom stereocenters. The average Bonchev–Trinajstić information content (AvgIpc) is 3.03. The third-order valence-electron chi connectivity index (χ3n) is 3.98. The minimum Gasteiger partial charge on any atom is -0.497 e. The zero-order valence-corrected chi connectivity index (χ0v) is 13.9. The number of anilines is 1. The number of hydrogen-bond donors (Lipinski definition) is 1. The summed E-state index contributed by atoms with van der Waals surface area (Å²) >= 11 is 0. The molecule has 0 saturated heterocycles. The number of ether oxygens (including phenoxy) is 3. The predicted octanol–water partition coefficient (Wildman–Crippen LogP) is 3.29. The molecule has 0 unspecified atom stereocenters. The van der Waals surface area contributed by atoms with Crippen molar-refractivity contribution in [1.82, 2.24) is 0 Å². The monoisotopic (exact) mass is 325 g/mol. The van der Waals surface area contributed by atoms with Crippen LogP contribution in [0.3, 0.4) is 0 Å². The smallest absolute Gasteiger partial charge is 0.251 e. The van der Waals surface area contributed by atoms with Crippen LogP contribution >= 0.6 is 0 Å². The number of fused-ring (bicyclic) bond motifs is 1. The molecular weight excluding hydrogens is 306 g/mol. The molecule has 2 aromatic rings. The molecule has 0 radical (unpaired) electrons. The van der Waals surface area contributed by atoms with Gasteiger partial charge in [0.2, 0.25) is 0 Å². The number of nitrogens with one attached hydrogen (secondary N) is 1. The molecule has 1 aliphatic rings. The lowest BCUT2D eigenvalue weighted by atomic mass is 10.1. The largest absolute Gasteiger partial charge is 0.497 e. The summed E-state index contributed by atoms with van der Waals surface area (Å²) in [7, 11) is 4.79. The zero-order chi connectivity index (χ0) is 17.1. The third-order valence-corrected chi connectivity index (χ3v) is 3.98. The van der Waals surface area contributed by atoms with Gasteiger partial charge >= 0.3 is 0 Å². The van der Waals surface area contributed by atoms with Gasteiger partial charge in [0.05, 0.1) is 21.3 Å². The van der Waals surface area contributed by atoms with Crippen molar-refractivity contribution in [3.05, 3.63) is 53.1 Å². The fourth-order valence-electron chi connectivity index (χ4n) is 2.73. The summed E-state index contributed by atoms with van der Waals surface area (Å²) in [5.74, 6) is 1.89. The molecule has 24 heavy (non-hydrogen) atoms. The van der Waals surface area contributed by atoms with Crippen LogP contribution in [0.1, 0.15) is 11.1 Å². The van der Waals surface area contributed by atoms with Crippen LogP contribution in [0.4, 0.5) is 5.69 Å². The summed E-state index contributed by atoms with van der Waals surface area (Å²) in [6.45, 7) is 0. The molecule has 124 valence electrons. The highest BCUT2D eigenvalue weighted by Gasteiger charge is 2.21. The normalized spacial score (nSPS) is 12.2. The van der Waals surface area contributed by atoms with E-state index in [-0.39, 0.29) is 5.91 Å². The van der Waals surface area contributed by atoms with E-state index in [9.17, 15) is 4.79 Å². The van der Waals surface area contributed by atoms with Crippen molar-refractivity contribution in [2.24, 2.45) is 0 Å². The zero-order valence-electron chi connectivity index (χ0n) is 13.9. The van der Waals surface area contributed by atoms with Crippen molar-refractivity contribution >= 4 is 17.7 Å². The molecule has 5 heteroatoms. The van der Waals surface area contributed by atoms with Gasteiger partial charge in [0.1, 0.15) is 5.75 Å². The number of carbonyl (C=O) groups is 1. The lowest BCUT2D eigenvalue weighted by molar-refractivity contribution is -0.112. The van der Waals surface area contributed by atoms with Gasteiger partial charge in [-0.2, -0.15) is 0 Å². The Morgan fingerprint density at radius 1 is 1.00 bits per heavy atom. The molecule has 0 spiro atoms. The second-order valence-electron chi connectivity index (χ2n) is 5.44. The first-order valence-corrected chi connectivity index (χ1v) is 7.55. The van der Waals surface area contributed by atoms with E-state index in [1.807, 2.05) is 36.4 Å². The first-order chi connectivity index (χ1) is 11.6. The number of carbonyl (C=O) groups excluding carboxylic acids is 1. The molecule has 0 heterocycles. The van der Waals surface area contributed by atoms with E-state index in [4.69, 9.17) is 14.2 Å². The lowest BCUT2D eigenvalue weighted by Gasteiger charge is -2.10. The molecule has 1 amide bonds. The second-order valence-corrected chi connectivity index (χ2v) is 5.44. The third kappa shape index (κ3) is 3.06. The Hall–Kier alpha value is -2.95. The SMILES string of the molecule is COc1cccc(NC(=O)C2=Cc3cc(OC)c(OC)cc3C2)c1. The van der Waals surface area contributed by atoms with Crippen molar-refractivity contribution in [3.8, 4) is 17.2 Å². The highest BCUT2D eigenvalue weighted by atomic mass is 16.5. The van der Waals surface area contributed by atoms with Crippen LogP contribution in [0.2, 0.25) is 0 Å². The van der Waals surface area contributed by atoms with Gasteiger partial charge in [0.25, 0.3) is 5.91 Å². The molecule has 3 rings (SSSR count). The van der Waals surface area contributed by atoms with Crippen LogP contribution in [0, 0.1) is 0 Å². The van der Waals surface area contributed by atoms with Gasteiger partial charge in [0.15, 0.2) is 11.5 Å². The first kappa shape index (κ1) is 15.9. The molecule has 0 saturated carbocycles. The highest BCUT2D eigenvalue weighted by Crippen LogP contribution is 2.36. The number of amides is 1. The summed E-state index contributed by atoms with van der Waals surface area (Å²) in [6, 6.07) is 11.1. The van der Waals surface area contributed by atoms with Crippen molar-refractivity contribution in [3.63, 3.8) is 0 Å². The van der Waals surface area contributed by atoms with Crippen LogP contribution in [0.15, 0.2) is 42.0 Å². The average molecular weight is 325 g/mol. The minimum atomic E-state index is -0.127. The van der Waals surface area contributed by atoms with Crippen molar-refractivity contribution in [1.29, 1.82) is 0 Å². The number of rotatable bonds is 5. The van der Waals surface area contributed by atoms with Gasteiger partial charge in [-0.15, -0.1) is 0 Å². The van der Waals surface area contributed by atoms with E-state index in [1.54, 1.807) is 27.4 Å². The topological polar surface area (TPSA) is 56.8 Å². The Labute approximate surface area is 140 Å². The maximum absolute atomic E-state index is 12.5. The Bertz CT molecular complexity index is 811. The van der Waals surface area contributed by atoms with Gasteiger partial charge in [-0.05, 0) is 41.5 Å². The molecule has 0 aromatic heterocycles. The number of hydrogen-bond acceptors (Lipinski definition) is 4. The van der Waals surface area contributed by atoms with E-state index in [1.165, 1.54) is 0 Å². The van der Waals surface area contributed by atoms with Gasteiger partial charge in [-0.25, -0.2) is 0 Å². The van der Waals surface area contributed by atoms with Crippen LogP contribution in [0.25, 0.3) is 6.08 Å². The van der Waals surface area contributed by atoms with Crippen molar-refractivity contribution in [2.75, 3.05) is 26.6 Å². The number of methoxy groups -OCH3 is 3. The summed E-state index contributed by atoms with van der Waals surface area (Å²) < 4.78 is 15.8. The van der Waals surface area contributed by atoms with E-state index in [0.717, 1.165) is 11.1 Å². The predicted molar refractivity (Wildman–Crippen MR) is 92.9 cm³/mol. The van der Waals surface area contributed by atoms with Crippen molar-refractivity contribution in [2.45, 2.75) is 6.42 Å². The van der Waals surface area contributed by atoms with Crippen LogP contribution < -0.4 is 19.5 Å². The molecule has 1 N–H and O–H groups in total. The van der Waals surface area contributed by atoms with Gasteiger partial charge < -0.3 is 19.5 Å². The molecule has 0 aliphatic heterocycles. The first-order valence-electron chi connectivity index (χ1n) is 7.55. The van der Waals surface area contributed by atoms with Gasteiger partial charge in [-0.1, -0.05) is 6.07 Å². The number of benzene rings is 2. The van der Waals surface area contributed by atoms with Gasteiger partial charge in [-0.3, -0.25) is 4.79 Å². The summed E-state index contributed by atoms with van der Waals surface area (Å²) in [6.07, 6.45) is 2.44. The molecule has 1 aliphatic carbocycles. The second kappa shape index (κ2) is 6.66. The van der Waals surface area contributed by atoms with Crippen LogP contribution in [0.5, 0.6) is 17.2 Å². The summed E-state index contributed by atoms with van der Waals surface area (Å²) in [4.78, 5) is 12.5. The lowest BCUT2D eigenvalue weighted by Crippen LogP contribution is -2.14. The van der Waals surface area contributed by atoms with Gasteiger partial charge in [0, 0.05) is 23.7 Å². The van der Waals surface area contributed by atoms with E-state index in [0.29, 0.717) is 34.9 Å².